The number of carbonyl (C=O) groups is 1. The number of ether oxygens (including phenoxy) is 1. The highest BCUT2D eigenvalue weighted by atomic mass is 19.1. The van der Waals surface area contributed by atoms with Gasteiger partial charge in [-0.25, -0.2) is 4.39 Å². The molecule has 0 saturated heterocycles. The van der Waals surface area contributed by atoms with Gasteiger partial charge in [0.15, 0.2) is 6.61 Å². The maximum absolute atomic E-state index is 13.4. The van der Waals surface area contributed by atoms with Gasteiger partial charge in [0.05, 0.1) is 0 Å². The van der Waals surface area contributed by atoms with Crippen LogP contribution in [0.2, 0.25) is 0 Å². The van der Waals surface area contributed by atoms with Gasteiger partial charge in [0.1, 0.15) is 11.6 Å². The summed E-state index contributed by atoms with van der Waals surface area (Å²) in [6.45, 7) is 1.57. The Kier molecular flexibility index (Phi) is 4.25. The Morgan fingerprint density at radius 2 is 2.31 bits per heavy atom. The molecule has 0 aliphatic carbocycles. The van der Waals surface area contributed by atoms with E-state index in [1.165, 1.54) is 13.1 Å². The molecule has 0 aliphatic rings. The Balaban J connectivity index is 2.70. The van der Waals surface area contributed by atoms with Gasteiger partial charge in [0.2, 0.25) is 0 Å². The first kappa shape index (κ1) is 12.4. The van der Waals surface area contributed by atoms with Crippen LogP contribution >= 0.6 is 0 Å². The molecular formula is C11H15FN2O2. The minimum absolute atomic E-state index is 0.131. The minimum Gasteiger partial charge on any atom is -0.484 e. The van der Waals surface area contributed by atoms with Crippen molar-refractivity contribution in [3.63, 3.8) is 0 Å². The number of hydrogen-bond donors (Lipinski definition) is 2. The standard InChI is InChI=1S/C11H15FN2O2/c1-7(13)9-4-3-8(5-10(9)12)16-6-11(15)14-2/h3-5,7H,6,13H2,1-2H3,(H,14,15). The summed E-state index contributed by atoms with van der Waals surface area (Å²) in [6, 6.07) is 4.00. The van der Waals surface area contributed by atoms with E-state index in [0.29, 0.717) is 11.3 Å². The van der Waals surface area contributed by atoms with Crippen molar-refractivity contribution in [3.8, 4) is 5.75 Å². The Bertz CT molecular complexity index is 380. The van der Waals surface area contributed by atoms with E-state index >= 15 is 0 Å². The van der Waals surface area contributed by atoms with Crippen molar-refractivity contribution in [2.75, 3.05) is 13.7 Å². The number of likely N-dealkylation sites (N-methyl/N-ethyl adjacent to an activating group) is 1. The quantitative estimate of drug-likeness (QED) is 0.804. The van der Waals surface area contributed by atoms with Crippen molar-refractivity contribution in [3.05, 3.63) is 29.6 Å². The molecule has 0 bridgehead atoms. The van der Waals surface area contributed by atoms with Crippen molar-refractivity contribution in [1.29, 1.82) is 0 Å². The zero-order valence-electron chi connectivity index (χ0n) is 9.29. The highest BCUT2D eigenvalue weighted by molar-refractivity contribution is 5.77. The van der Waals surface area contributed by atoms with Gasteiger partial charge in [-0.05, 0) is 13.0 Å². The molecule has 5 heteroatoms. The van der Waals surface area contributed by atoms with Crippen LogP contribution in [0.4, 0.5) is 4.39 Å². The Morgan fingerprint density at radius 3 is 2.81 bits per heavy atom. The smallest absolute Gasteiger partial charge is 0.257 e. The van der Waals surface area contributed by atoms with Gasteiger partial charge >= 0.3 is 0 Å². The summed E-state index contributed by atoms with van der Waals surface area (Å²) in [6.07, 6.45) is 0. The third kappa shape index (κ3) is 3.20. The summed E-state index contributed by atoms with van der Waals surface area (Å²) in [4.78, 5) is 10.9. The van der Waals surface area contributed by atoms with Crippen LogP contribution < -0.4 is 15.8 Å². The lowest BCUT2D eigenvalue weighted by atomic mass is 10.1. The molecule has 1 amide bonds. The average molecular weight is 226 g/mol. The second-order valence-corrected chi connectivity index (χ2v) is 3.43. The van der Waals surface area contributed by atoms with E-state index in [4.69, 9.17) is 10.5 Å². The van der Waals surface area contributed by atoms with Crippen LogP contribution in [0.5, 0.6) is 5.75 Å². The Hall–Kier alpha value is -1.62. The van der Waals surface area contributed by atoms with E-state index in [9.17, 15) is 9.18 Å². The second-order valence-electron chi connectivity index (χ2n) is 3.43. The molecule has 0 heterocycles. The van der Waals surface area contributed by atoms with Crippen molar-refractivity contribution in [1.82, 2.24) is 5.32 Å². The molecular weight excluding hydrogens is 211 g/mol. The van der Waals surface area contributed by atoms with Gasteiger partial charge in [0, 0.05) is 24.7 Å². The summed E-state index contributed by atoms with van der Waals surface area (Å²) < 4.78 is 18.5. The lowest BCUT2D eigenvalue weighted by molar-refractivity contribution is -0.122. The first-order valence-electron chi connectivity index (χ1n) is 4.93. The van der Waals surface area contributed by atoms with Crippen LogP contribution in [-0.2, 0) is 4.79 Å². The summed E-state index contributed by atoms with van der Waals surface area (Å²) in [5, 5.41) is 2.40. The van der Waals surface area contributed by atoms with Crippen LogP contribution in [-0.4, -0.2) is 19.6 Å². The molecule has 0 aromatic heterocycles. The number of nitrogens with two attached hydrogens (primary N) is 1. The number of carbonyl (C=O) groups excluding carboxylic acids is 1. The average Bonchev–Trinajstić information content (AvgIpc) is 2.25. The fourth-order valence-electron chi connectivity index (χ4n) is 1.19. The lowest BCUT2D eigenvalue weighted by Gasteiger charge is -2.09. The predicted octanol–water partition coefficient (Wildman–Crippen LogP) is 0.970. The van der Waals surface area contributed by atoms with Crippen molar-refractivity contribution >= 4 is 5.91 Å². The van der Waals surface area contributed by atoms with E-state index in [1.54, 1.807) is 19.1 Å². The zero-order valence-corrected chi connectivity index (χ0v) is 9.29. The number of nitrogens with one attached hydrogen (secondary N) is 1. The van der Waals surface area contributed by atoms with E-state index < -0.39 is 5.82 Å². The normalized spacial score (nSPS) is 12.0. The molecule has 0 fully saturated rings. The third-order valence-corrected chi connectivity index (χ3v) is 2.11. The number of halogens is 1. The molecule has 88 valence electrons. The Labute approximate surface area is 93.6 Å². The lowest BCUT2D eigenvalue weighted by Crippen LogP contribution is -2.24. The van der Waals surface area contributed by atoms with Crippen LogP contribution in [0.15, 0.2) is 18.2 Å². The molecule has 1 unspecified atom stereocenters. The van der Waals surface area contributed by atoms with Gasteiger partial charge in [-0.3, -0.25) is 4.79 Å². The fourth-order valence-corrected chi connectivity index (χ4v) is 1.19. The molecule has 0 spiro atoms. The molecule has 1 aromatic rings. The molecule has 4 nitrogen and oxygen atoms in total. The molecule has 1 rings (SSSR count). The van der Waals surface area contributed by atoms with Crippen LogP contribution in [0.1, 0.15) is 18.5 Å². The van der Waals surface area contributed by atoms with Gasteiger partial charge in [0.25, 0.3) is 5.91 Å². The SMILES string of the molecule is CNC(=O)COc1ccc(C(C)N)c(F)c1. The molecule has 0 aliphatic heterocycles. The molecule has 0 radical (unpaired) electrons. The van der Waals surface area contributed by atoms with E-state index in [-0.39, 0.29) is 18.6 Å². The van der Waals surface area contributed by atoms with E-state index in [2.05, 4.69) is 5.32 Å². The monoisotopic (exact) mass is 226 g/mol. The zero-order chi connectivity index (χ0) is 12.1. The van der Waals surface area contributed by atoms with Crippen LogP contribution in [0.25, 0.3) is 0 Å². The maximum Gasteiger partial charge on any atom is 0.257 e. The largest absolute Gasteiger partial charge is 0.484 e. The van der Waals surface area contributed by atoms with E-state index in [1.807, 2.05) is 0 Å². The molecule has 3 N–H and O–H groups in total. The van der Waals surface area contributed by atoms with Crippen molar-refractivity contribution in [2.45, 2.75) is 13.0 Å². The van der Waals surface area contributed by atoms with Gasteiger partial charge < -0.3 is 15.8 Å². The number of rotatable bonds is 4. The fraction of sp³-hybridized carbons (Fsp3) is 0.364. The van der Waals surface area contributed by atoms with Crippen LogP contribution in [0, 0.1) is 5.82 Å². The van der Waals surface area contributed by atoms with E-state index in [0.717, 1.165) is 0 Å². The minimum atomic E-state index is -0.426. The highest BCUT2D eigenvalue weighted by Gasteiger charge is 2.08. The van der Waals surface area contributed by atoms with Crippen molar-refractivity contribution < 1.29 is 13.9 Å². The number of hydrogen-bond acceptors (Lipinski definition) is 3. The predicted molar refractivity (Wildman–Crippen MR) is 58.6 cm³/mol. The molecule has 16 heavy (non-hydrogen) atoms. The summed E-state index contributed by atoms with van der Waals surface area (Å²) in [5.41, 5.74) is 5.99. The molecule has 0 saturated carbocycles. The Morgan fingerprint density at radius 1 is 1.62 bits per heavy atom. The summed E-state index contributed by atoms with van der Waals surface area (Å²) >= 11 is 0. The topological polar surface area (TPSA) is 64.3 Å². The third-order valence-electron chi connectivity index (χ3n) is 2.11. The number of amides is 1. The number of benzene rings is 1. The molecule has 1 atom stereocenters. The summed E-state index contributed by atoms with van der Waals surface area (Å²) in [5.74, 6) is -0.383. The first-order valence-corrected chi connectivity index (χ1v) is 4.93. The maximum atomic E-state index is 13.4. The molecule has 1 aromatic carbocycles. The highest BCUT2D eigenvalue weighted by Crippen LogP contribution is 2.20. The van der Waals surface area contributed by atoms with Gasteiger partial charge in [-0.2, -0.15) is 0 Å². The van der Waals surface area contributed by atoms with Crippen LogP contribution in [0.3, 0.4) is 0 Å². The van der Waals surface area contributed by atoms with Gasteiger partial charge in [-0.1, -0.05) is 6.07 Å². The summed E-state index contributed by atoms with van der Waals surface area (Å²) in [7, 11) is 1.51. The first-order chi connectivity index (χ1) is 7.54. The van der Waals surface area contributed by atoms with Gasteiger partial charge in [-0.15, -0.1) is 0 Å². The van der Waals surface area contributed by atoms with Crippen molar-refractivity contribution in [2.24, 2.45) is 5.73 Å². The second kappa shape index (κ2) is 5.46.